The summed E-state index contributed by atoms with van der Waals surface area (Å²) in [5.41, 5.74) is 6.61. The van der Waals surface area contributed by atoms with Crippen molar-refractivity contribution in [3.8, 4) is 0 Å². The summed E-state index contributed by atoms with van der Waals surface area (Å²) in [6.07, 6.45) is 5.34. The van der Waals surface area contributed by atoms with Crippen molar-refractivity contribution in [2.24, 2.45) is 5.73 Å². The minimum absolute atomic E-state index is 0.0207. The summed E-state index contributed by atoms with van der Waals surface area (Å²) in [6.45, 7) is 1.92. The summed E-state index contributed by atoms with van der Waals surface area (Å²) in [5, 5.41) is 0.866. The van der Waals surface area contributed by atoms with Gasteiger partial charge in [-0.25, -0.2) is 4.98 Å². The van der Waals surface area contributed by atoms with Crippen molar-refractivity contribution >= 4 is 11.8 Å². The number of aromatic nitrogens is 3. The molecule has 0 bridgehead atoms. The molecule has 0 saturated carbocycles. The number of nitrogens with zero attached hydrogens (tertiary/aromatic N) is 2. The summed E-state index contributed by atoms with van der Waals surface area (Å²) in [7, 11) is 0. The van der Waals surface area contributed by atoms with E-state index in [1.807, 2.05) is 25.3 Å². The van der Waals surface area contributed by atoms with E-state index in [1.54, 1.807) is 24.2 Å². The average Bonchev–Trinajstić information content (AvgIpc) is 2.71. The number of nitrogens with two attached hydrogens (primary N) is 1. The Morgan fingerprint density at radius 2 is 2.27 bits per heavy atom. The third-order valence-corrected chi connectivity index (χ3v) is 2.81. The van der Waals surface area contributed by atoms with E-state index >= 15 is 0 Å². The number of H-pyrrole nitrogens is 1. The molecule has 2 aromatic heterocycles. The molecule has 3 N–H and O–H groups in total. The molecule has 0 amide bonds. The second-order valence-electron chi connectivity index (χ2n) is 3.20. The number of hydrogen-bond acceptors (Lipinski definition) is 4. The Morgan fingerprint density at radius 1 is 1.40 bits per heavy atom. The Hall–Kier alpha value is -1.33. The molecule has 4 nitrogen and oxygen atoms in total. The SMILES string of the molecule is C[C@@H](N)c1ccc(Sc2ncc[nH]2)cn1. The molecule has 2 rings (SSSR count). The van der Waals surface area contributed by atoms with Crippen molar-refractivity contribution in [2.75, 3.05) is 0 Å². The molecule has 2 heterocycles. The zero-order chi connectivity index (χ0) is 10.7. The van der Waals surface area contributed by atoms with Crippen LogP contribution in [0.5, 0.6) is 0 Å². The molecule has 78 valence electrons. The van der Waals surface area contributed by atoms with Gasteiger partial charge in [0.25, 0.3) is 0 Å². The van der Waals surface area contributed by atoms with Crippen molar-refractivity contribution in [1.82, 2.24) is 15.0 Å². The summed E-state index contributed by atoms with van der Waals surface area (Å²) in [4.78, 5) is 12.5. The first-order valence-corrected chi connectivity index (χ1v) is 5.46. The molecule has 0 unspecified atom stereocenters. The van der Waals surface area contributed by atoms with E-state index < -0.39 is 0 Å². The van der Waals surface area contributed by atoms with Crippen molar-refractivity contribution in [3.63, 3.8) is 0 Å². The second-order valence-corrected chi connectivity index (χ2v) is 4.27. The molecule has 0 fully saturated rings. The van der Waals surface area contributed by atoms with Gasteiger partial charge in [-0.15, -0.1) is 0 Å². The fraction of sp³-hybridized carbons (Fsp3) is 0.200. The first-order chi connectivity index (χ1) is 7.25. The van der Waals surface area contributed by atoms with E-state index in [9.17, 15) is 0 Å². The fourth-order valence-corrected chi connectivity index (χ4v) is 1.84. The molecule has 15 heavy (non-hydrogen) atoms. The minimum Gasteiger partial charge on any atom is -0.339 e. The second kappa shape index (κ2) is 4.46. The van der Waals surface area contributed by atoms with Crippen molar-refractivity contribution in [2.45, 2.75) is 23.0 Å². The lowest BCUT2D eigenvalue weighted by molar-refractivity contribution is 0.777. The maximum absolute atomic E-state index is 5.71. The zero-order valence-corrected chi connectivity index (χ0v) is 9.16. The molecular weight excluding hydrogens is 208 g/mol. The first kappa shape index (κ1) is 10.2. The third-order valence-electron chi connectivity index (χ3n) is 1.91. The molecular formula is C10H12N4S. The summed E-state index contributed by atoms with van der Waals surface area (Å²) >= 11 is 1.54. The summed E-state index contributed by atoms with van der Waals surface area (Å²) in [6, 6.07) is 3.92. The third kappa shape index (κ3) is 2.57. The highest BCUT2D eigenvalue weighted by atomic mass is 32.2. The van der Waals surface area contributed by atoms with Gasteiger partial charge in [0.2, 0.25) is 0 Å². The average molecular weight is 220 g/mol. The number of pyridine rings is 1. The van der Waals surface area contributed by atoms with E-state index in [-0.39, 0.29) is 6.04 Å². The largest absolute Gasteiger partial charge is 0.339 e. The molecule has 2 aromatic rings. The fourth-order valence-electron chi connectivity index (χ4n) is 1.14. The van der Waals surface area contributed by atoms with Gasteiger partial charge in [-0.2, -0.15) is 0 Å². The van der Waals surface area contributed by atoms with Gasteiger partial charge in [-0.1, -0.05) is 11.8 Å². The maximum Gasteiger partial charge on any atom is 0.170 e. The lowest BCUT2D eigenvalue weighted by atomic mass is 10.2. The molecule has 0 spiro atoms. The lowest BCUT2D eigenvalue weighted by Gasteiger charge is -2.04. The van der Waals surface area contributed by atoms with Crippen LogP contribution < -0.4 is 5.73 Å². The predicted octanol–water partition coefficient (Wildman–Crippen LogP) is 1.98. The van der Waals surface area contributed by atoms with Gasteiger partial charge >= 0.3 is 0 Å². The maximum atomic E-state index is 5.71. The van der Waals surface area contributed by atoms with Gasteiger partial charge in [0.1, 0.15) is 0 Å². The topological polar surface area (TPSA) is 67.6 Å². The van der Waals surface area contributed by atoms with Crippen LogP contribution in [0.4, 0.5) is 0 Å². The first-order valence-electron chi connectivity index (χ1n) is 4.64. The Morgan fingerprint density at radius 3 is 2.80 bits per heavy atom. The predicted molar refractivity (Wildman–Crippen MR) is 59.6 cm³/mol. The number of aromatic amines is 1. The molecule has 1 atom stereocenters. The van der Waals surface area contributed by atoms with E-state index in [4.69, 9.17) is 5.73 Å². The van der Waals surface area contributed by atoms with Crippen LogP contribution in [-0.4, -0.2) is 15.0 Å². The number of imidazole rings is 1. The van der Waals surface area contributed by atoms with Gasteiger partial charge in [0, 0.05) is 29.5 Å². The molecule has 0 aromatic carbocycles. The van der Waals surface area contributed by atoms with E-state index in [0.717, 1.165) is 15.7 Å². The van der Waals surface area contributed by atoms with Crippen LogP contribution in [0.15, 0.2) is 40.8 Å². The molecule has 0 radical (unpaired) electrons. The molecule has 5 heteroatoms. The van der Waals surface area contributed by atoms with Crippen molar-refractivity contribution in [3.05, 3.63) is 36.4 Å². The Kier molecular flexibility index (Phi) is 3.03. The highest BCUT2D eigenvalue weighted by Gasteiger charge is 2.02. The Bertz CT molecular complexity index is 407. The van der Waals surface area contributed by atoms with Crippen LogP contribution in [0.2, 0.25) is 0 Å². The standard InChI is InChI=1S/C10H12N4S/c1-7(11)9-3-2-8(6-14-9)15-10-12-4-5-13-10/h2-7H,11H2,1H3,(H,12,13)/t7-/m1/s1. The van der Waals surface area contributed by atoms with Gasteiger partial charge in [-0.05, 0) is 19.1 Å². The molecule has 0 saturated heterocycles. The normalized spacial score (nSPS) is 12.7. The van der Waals surface area contributed by atoms with Crippen LogP contribution in [0, 0.1) is 0 Å². The molecule has 0 aliphatic heterocycles. The number of hydrogen-bond donors (Lipinski definition) is 2. The van der Waals surface area contributed by atoms with Crippen LogP contribution in [0.1, 0.15) is 18.7 Å². The van der Waals surface area contributed by atoms with Crippen LogP contribution in [0.3, 0.4) is 0 Å². The van der Waals surface area contributed by atoms with E-state index in [2.05, 4.69) is 15.0 Å². The highest BCUT2D eigenvalue weighted by molar-refractivity contribution is 7.99. The molecule has 0 aliphatic rings. The summed E-state index contributed by atoms with van der Waals surface area (Å²) < 4.78 is 0. The van der Waals surface area contributed by atoms with Gasteiger partial charge in [0.15, 0.2) is 5.16 Å². The van der Waals surface area contributed by atoms with Crippen LogP contribution in [-0.2, 0) is 0 Å². The quantitative estimate of drug-likeness (QED) is 0.830. The number of rotatable bonds is 3. The lowest BCUT2D eigenvalue weighted by Crippen LogP contribution is -2.06. The van der Waals surface area contributed by atoms with Crippen molar-refractivity contribution in [1.29, 1.82) is 0 Å². The van der Waals surface area contributed by atoms with Gasteiger partial charge in [-0.3, -0.25) is 4.98 Å². The van der Waals surface area contributed by atoms with Crippen molar-refractivity contribution < 1.29 is 0 Å². The Labute approximate surface area is 92.3 Å². The smallest absolute Gasteiger partial charge is 0.170 e. The number of nitrogens with one attached hydrogen (secondary N) is 1. The highest BCUT2D eigenvalue weighted by Crippen LogP contribution is 2.23. The monoisotopic (exact) mass is 220 g/mol. The molecule has 0 aliphatic carbocycles. The minimum atomic E-state index is -0.0207. The van der Waals surface area contributed by atoms with Gasteiger partial charge in [0.05, 0.1) is 5.69 Å². The van der Waals surface area contributed by atoms with E-state index in [1.165, 1.54) is 0 Å². The van der Waals surface area contributed by atoms with Crippen LogP contribution >= 0.6 is 11.8 Å². The van der Waals surface area contributed by atoms with Crippen LogP contribution in [0.25, 0.3) is 0 Å². The van der Waals surface area contributed by atoms with E-state index in [0.29, 0.717) is 0 Å². The Balaban J connectivity index is 2.11. The summed E-state index contributed by atoms with van der Waals surface area (Å²) in [5.74, 6) is 0. The zero-order valence-electron chi connectivity index (χ0n) is 8.34. The van der Waals surface area contributed by atoms with Gasteiger partial charge < -0.3 is 10.7 Å².